The molecule has 150 valence electrons. The van der Waals surface area contributed by atoms with Gasteiger partial charge in [0.2, 0.25) is 0 Å². The lowest BCUT2D eigenvalue weighted by Gasteiger charge is -2.34. The normalized spacial score (nSPS) is 14.5. The van der Waals surface area contributed by atoms with Crippen LogP contribution in [-0.4, -0.2) is 35.0 Å². The molecule has 28 heavy (non-hydrogen) atoms. The van der Waals surface area contributed by atoms with Crippen LogP contribution in [0.2, 0.25) is 10.0 Å². The Labute approximate surface area is 177 Å². The molecule has 6 nitrogen and oxygen atoms in total. The molecule has 1 heterocycles. The Bertz CT molecular complexity index is 853. The number of benzene rings is 1. The van der Waals surface area contributed by atoms with Crippen LogP contribution in [-0.2, 0) is 11.3 Å². The predicted octanol–water partition coefficient (Wildman–Crippen LogP) is 5.60. The Hall–Kier alpha value is -1.83. The number of urea groups is 1. The average Bonchev–Trinajstić information content (AvgIpc) is 3.18. The summed E-state index contributed by atoms with van der Waals surface area (Å²) in [6.45, 7) is 0.316. The first-order valence-electron chi connectivity index (χ1n) is 9.04. The zero-order valence-electron chi connectivity index (χ0n) is 15.4. The van der Waals surface area contributed by atoms with Gasteiger partial charge in [-0.25, -0.2) is 14.6 Å². The minimum absolute atomic E-state index is 0.109. The van der Waals surface area contributed by atoms with Crippen molar-refractivity contribution in [3.8, 4) is 0 Å². The number of ether oxygens (including phenoxy) is 1. The highest BCUT2D eigenvalue weighted by molar-refractivity contribution is 7.09. The molecule has 9 heteroatoms. The lowest BCUT2D eigenvalue weighted by atomic mass is 9.94. The van der Waals surface area contributed by atoms with E-state index in [0.29, 0.717) is 27.3 Å². The van der Waals surface area contributed by atoms with Gasteiger partial charge in [0.05, 0.1) is 29.4 Å². The summed E-state index contributed by atoms with van der Waals surface area (Å²) >= 11 is 13.6. The molecule has 1 saturated carbocycles. The molecule has 2 amide bonds. The summed E-state index contributed by atoms with van der Waals surface area (Å²) in [5.74, 6) is -0.484. The van der Waals surface area contributed by atoms with Gasteiger partial charge >= 0.3 is 12.0 Å². The first-order chi connectivity index (χ1) is 13.5. The van der Waals surface area contributed by atoms with Gasteiger partial charge in [-0.2, -0.15) is 0 Å². The van der Waals surface area contributed by atoms with E-state index in [4.69, 9.17) is 27.9 Å². The second-order valence-electron chi connectivity index (χ2n) is 6.57. The molecule has 1 fully saturated rings. The third-order valence-electron chi connectivity index (χ3n) is 4.72. The van der Waals surface area contributed by atoms with Gasteiger partial charge in [-0.3, -0.25) is 0 Å². The Kier molecular flexibility index (Phi) is 7.15. The van der Waals surface area contributed by atoms with Gasteiger partial charge in [0, 0.05) is 11.4 Å². The number of carbonyl (C=O) groups excluding carboxylic acids is 2. The van der Waals surface area contributed by atoms with Crippen molar-refractivity contribution in [1.82, 2.24) is 9.88 Å². The number of aromatic nitrogens is 1. The number of nitrogens with zero attached hydrogens (tertiary/aromatic N) is 2. The summed E-state index contributed by atoms with van der Waals surface area (Å²) in [5.41, 5.74) is 0.721. The fourth-order valence-corrected chi connectivity index (χ4v) is 4.38. The van der Waals surface area contributed by atoms with E-state index in [1.807, 2.05) is 0 Å². The Morgan fingerprint density at radius 2 is 2.04 bits per heavy atom. The largest absolute Gasteiger partial charge is 0.464 e. The summed E-state index contributed by atoms with van der Waals surface area (Å²) < 4.78 is 4.71. The van der Waals surface area contributed by atoms with Gasteiger partial charge in [0.15, 0.2) is 5.69 Å². The van der Waals surface area contributed by atoms with Crippen LogP contribution < -0.4 is 5.32 Å². The van der Waals surface area contributed by atoms with E-state index in [1.165, 1.54) is 24.9 Å². The number of rotatable bonds is 5. The van der Waals surface area contributed by atoms with Crippen molar-refractivity contribution in [1.29, 1.82) is 0 Å². The van der Waals surface area contributed by atoms with Gasteiger partial charge in [0.1, 0.15) is 5.01 Å². The van der Waals surface area contributed by atoms with Crippen molar-refractivity contribution in [3.05, 3.63) is 44.3 Å². The molecule has 1 aliphatic carbocycles. The van der Waals surface area contributed by atoms with Crippen molar-refractivity contribution in [2.45, 2.75) is 44.7 Å². The van der Waals surface area contributed by atoms with E-state index < -0.39 is 5.97 Å². The van der Waals surface area contributed by atoms with E-state index in [-0.39, 0.29) is 17.8 Å². The van der Waals surface area contributed by atoms with Crippen molar-refractivity contribution in [2.75, 3.05) is 12.4 Å². The number of amides is 2. The molecule has 1 aromatic heterocycles. The molecule has 0 bridgehead atoms. The summed E-state index contributed by atoms with van der Waals surface area (Å²) in [7, 11) is 1.32. The number of esters is 1. The summed E-state index contributed by atoms with van der Waals surface area (Å²) in [6, 6.07) is 4.97. The molecule has 1 N–H and O–H groups in total. The second-order valence-corrected chi connectivity index (χ2v) is 8.30. The fraction of sp³-hybridized carbons (Fsp3) is 0.421. The third kappa shape index (κ3) is 4.96. The Morgan fingerprint density at radius 1 is 1.29 bits per heavy atom. The maximum absolute atomic E-state index is 13.1. The number of halogens is 2. The number of methoxy groups -OCH3 is 1. The minimum Gasteiger partial charge on any atom is -0.464 e. The molecule has 1 aliphatic rings. The first kappa shape index (κ1) is 20.9. The smallest absolute Gasteiger partial charge is 0.357 e. The fourth-order valence-electron chi connectivity index (χ4n) is 3.27. The maximum Gasteiger partial charge on any atom is 0.357 e. The highest BCUT2D eigenvalue weighted by Gasteiger charge is 2.27. The zero-order chi connectivity index (χ0) is 20.1. The standard InChI is InChI=1S/C19H21Cl2N3O3S/c1-27-18(25)15-11-28-16(22-15)10-24(12-6-3-2-4-7-12)19(26)23-14-9-5-8-13(20)17(14)21/h5,8-9,11-12H,2-4,6-7,10H2,1H3,(H,23,26). The molecular weight excluding hydrogens is 421 g/mol. The van der Waals surface area contributed by atoms with Crippen LogP contribution in [0.5, 0.6) is 0 Å². The minimum atomic E-state index is -0.484. The average molecular weight is 442 g/mol. The number of nitrogens with one attached hydrogen (secondary N) is 1. The highest BCUT2D eigenvalue weighted by Crippen LogP contribution is 2.31. The number of carbonyl (C=O) groups is 2. The lowest BCUT2D eigenvalue weighted by Crippen LogP contribution is -2.43. The Balaban J connectivity index is 1.80. The molecule has 0 unspecified atom stereocenters. The molecule has 0 radical (unpaired) electrons. The summed E-state index contributed by atoms with van der Waals surface area (Å²) in [5, 5.41) is 5.88. The number of hydrogen-bond donors (Lipinski definition) is 1. The topological polar surface area (TPSA) is 71.5 Å². The molecule has 0 saturated heterocycles. The van der Waals surface area contributed by atoms with Crippen LogP contribution in [0.1, 0.15) is 47.6 Å². The van der Waals surface area contributed by atoms with E-state index >= 15 is 0 Å². The van der Waals surface area contributed by atoms with Crippen molar-refractivity contribution >= 4 is 52.2 Å². The van der Waals surface area contributed by atoms with Crippen LogP contribution in [0, 0.1) is 0 Å². The van der Waals surface area contributed by atoms with E-state index in [1.54, 1.807) is 28.5 Å². The van der Waals surface area contributed by atoms with Gasteiger partial charge in [0.25, 0.3) is 0 Å². The van der Waals surface area contributed by atoms with E-state index in [9.17, 15) is 9.59 Å². The van der Waals surface area contributed by atoms with E-state index in [2.05, 4.69) is 10.3 Å². The summed E-state index contributed by atoms with van der Waals surface area (Å²) in [4.78, 5) is 30.8. The van der Waals surface area contributed by atoms with Crippen molar-refractivity contribution in [2.24, 2.45) is 0 Å². The van der Waals surface area contributed by atoms with Crippen molar-refractivity contribution < 1.29 is 14.3 Å². The Morgan fingerprint density at radius 3 is 2.75 bits per heavy atom. The van der Waals surface area contributed by atoms with Crippen LogP contribution in [0.3, 0.4) is 0 Å². The number of hydrogen-bond acceptors (Lipinski definition) is 5. The highest BCUT2D eigenvalue weighted by atomic mass is 35.5. The second kappa shape index (κ2) is 9.58. The van der Waals surface area contributed by atoms with Gasteiger partial charge in [-0.05, 0) is 25.0 Å². The molecule has 1 aromatic carbocycles. The first-order valence-corrected chi connectivity index (χ1v) is 10.7. The predicted molar refractivity (Wildman–Crippen MR) is 111 cm³/mol. The molecule has 0 spiro atoms. The van der Waals surface area contributed by atoms with Crippen LogP contribution in [0.25, 0.3) is 0 Å². The SMILES string of the molecule is COC(=O)c1csc(CN(C(=O)Nc2cccc(Cl)c2Cl)C2CCCCC2)n1. The van der Waals surface area contributed by atoms with E-state index in [0.717, 1.165) is 25.7 Å². The van der Waals surface area contributed by atoms with Gasteiger partial charge in [-0.15, -0.1) is 11.3 Å². The quantitative estimate of drug-likeness (QED) is 0.612. The van der Waals surface area contributed by atoms with Crippen molar-refractivity contribution in [3.63, 3.8) is 0 Å². The molecule has 3 rings (SSSR count). The maximum atomic E-state index is 13.1. The van der Waals surface area contributed by atoms with Gasteiger partial charge < -0.3 is 15.0 Å². The molecule has 0 atom stereocenters. The number of thiazole rings is 1. The molecular formula is C19H21Cl2N3O3S. The van der Waals surface area contributed by atoms with Crippen LogP contribution in [0.15, 0.2) is 23.6 Å². The van der Waals surface area contributed by atoms with Crippen LogP contribution in [0.4, 0.5) is 10.5 Å². The lowest BCUT2D eigenvalue weighted by molar-refractivity contribution is 0.0594. The summed E-state index contributed by atoms with van der Waals surface area (Å²) in [6.07, 6.45) is 5.21. The zero-order valence-corrected chi connectivity index (χ0v) is 17.7. The monoisotopic (exact) mass is 441 g/mol. The third-order valence-corrected chi connectivity index (χ3v) is 6.37. The molecule has 0 aliphatic heterocycles. The number of anilines is 1. The molecule has 2 aromatic rings. The van der Waals surface area contributed by atoms with Crippen LogP contribution >= 0.6 is 34.5 Å². The van der Waals surface area contributed by atoms with Gasteiger partial charge in [-0.1, -0.05) is 48.5 Å².